The lowest BCUT2D eigenvalue weighted by Gasteiger charge is -2.05. The molecular formula is C14H20N2O. The molecule has 3 heteroatoms. The van der Waals surface area contributed by atoms with Gasteiger partial charge in [0.15, 0.2) is 0 Å². The SMILES string of the molecule is CC(C)=CCNCC(=O)Nc1ccc(C)cc1. The fourth-order valence-corrected chi connectivity index (χ4v) is 1.30. The van der Waals surface area contributed by atoms with Gasteiger partial charge >= 0.3 is 0 Å². The topological polar surface area (TPSA) is 41.1 Å². The van der Waals surface area contributed by atoms with E-state index in [9.17, 15) is 4.79 Å². The lowest BCUT2D eigenvalue weighted by Crippen LogP contribution is -2.28. The number of hydrogen-bond acceptors (Lipinski definition) is 2. The molecule has 0 radical (unpaired) electrons. The monoisotopic (exact) mass is 232 g/mol. The van der Waals surface area contributed by atoms with Gasteiger partial charge < -0.3 is 10.6 Å². The molecule has 0 aliphatic carbocycles. The smallest absolute Gasteiger partial charge is 0.238 e. The summed E-state index contributed by atoms with van der Waals surface area (Å²) in [6, 6.07) is 7.77. The Bertz CT molecular complexity index is 389. The highest BCUT2D eigenvalue weighted by Crippen LogP contribution is 2.07. The van der Waals surface area contributed by atoms with Crippen LogP contribution in [0.15, 0.2) is 35.9 Å². The molecule has 0 bridgehead atoms. The molecule has 0 aliphatic heterocycles. The van der Waals surface area contributed by atoms with Crippen LogP contribution in [0.3, 0.4) is 0 Å². The lowest BCUT2D eigenvalue weighted by molar-refractivity contribution is -0.115. The van der Waals surface area contributed by atoms with E-state index in [4.69, 9.17) is 0 Å². The summed E-state index contributed by atoms with van der Waals surface area (Å²) in [4.78, 5) is 11.5. The molecule has 0 saturated carbocycles. The Morgan fingerprint density at radius 3 is 2.47 bits per heavy atom. The van der Waals surface area contributed by atoms with Crippen LogP contribution >= 0.6 is 0 Å². The van der Waals surface area contributed by atoms with Crippen molar-refractivity contribution >= 4 is 11.6 Å². The van der Waals surface area contributed by atoms with Gasteiger partial charge in [0.05, 0.1) is 6.54 Å². The summed E-state index contributed by atoms with van der Waals surface area (Å²) in [5.41, 5.74) is 3.27. The second-order valence-electron chi connectivity index (χ2n) is 4.33. The van der Waals surface area contributed by atoms with Crippen LogP contribution in [-0.2, 0) is 4.79 Å². The van der Waals surface area contributed by atoms with Crippen molar-refractivity contribution in [3.05, 3.63) is 41.5 Å². The molecule has 0 atom stereocenters. The summed E-state index contributed by atoms with van der Waals surface area (Å²) in [7, 11) is 0. The normalized spacial score (nSPS) is 9.82. The molecule has 0 aliphatic rings. The lowest BCUT2D eigenvalue weighted by atomic mass is 10.2. The Hall–Kier alpha value is -1.61. The highest BCUT2D eigenvalue weighted by atomic mass is 16.1. The van der Waals surface area contributed by atoms with E-state index >= 15 is 0 Å². The van der Waals surface area contributed by atoms with Crippen molar-refractivity contribution in [2.45, 2.75) is 20.8 Å². The van der Waals surface area contributed by atoms with E-state index in [0.29, 0.717) is 6.54 Å². The second-order valence-corrected chi connectivity index (χ2v) is 4.33. The summed E-state index contributed by atoms with van der Waals surface area (Å²) in [5.74, 6) is -0.0176. The maximum Gasteiger partial charge on any atom is 0.238 e. The molecule has 92 valence electrons. The Kier molecular flexibility index (Phi) is 5.43. The first kappa shape index (κ1) is 13.5. The quantitative estimate of drug-likeness (QED) is 0.605. The van der Waals surface area contributed by atoms with E-state index in [1.54, 1.807) is 0 Å². The molecule has 0 heterocycles. The van der Waals surface area contributed by atoms with E-state index in [0.717, 1.165) is 12.2 Å². The Balaban J connectivity index is 2.30. The van der Waals surface area contributed by atoms with E-state index in [2.05, 4.69) is 16.7 Å². The number of carbonyl (C=O) groups excluding carboxylic acids is 1. The minimum absolute atomic E-state index is 0.0176. The minimum atomic E-state index is -0.0176. The predicted molar refractivity (Wildman–Crippen MR) is 72.1 cm³/mol. The third kappa shape index (κ3) is 5.88. The van der Waals surface area contributed by atoms with Gasteiger partial charge in [-0.3, -0.25) is 4.79 Å². The molecule has 1 rings (SSSR count). The van der Waals surface area contributed by atoms with Gasteiger partial charge in [0.2, 0.25) is 5.91 Å². The number of aryl methyl sites for hydroxylation is 1. The summed E-state index contributed by atoms with van der Waals surface area (Å²) in [6.45, 7) is 7.15. The van der Waals surface area contributed by atoms with Gasteiger partial charge in [0.1, 0.15) is 0 Å². The summed E-state index contributed by atoms with van der Waals surface area (Å²) < 4.78 is 0. The zero-order chi connectivity index (χ0) is 12.7. The molecule has 2 N–H and O–H groups in total. The standard InChI is InChI=1S/C14H20N2O/c1-11(2)8-9-15-10-14(17)16-13-6-4-12(3)5-7-13/h4-8,15H,9-10H2,1-3H3,(H,16,17). The van der Waals surface area contributed by atoms with Crippen LogP contribution in [0.2, 0.25) is 0 Å². The molecule has 0 spiro atoms. The van der Waals surface area contributed by atoms with Crippen LogP contribution in [0.25, 0.3) is 0 Å². The largest absolute Gasteiger partial charge is 0.325 e. The zero-order valence-corrected chi connectivity index (χ0v) is 10.7. The molecule has 1 aromatic rings. The van der Waals surface area contributed by atoms with Gasteiger partial charge in [-0.2, -0.15) is 0 Å². The van der Waals surface area contributed by atoms with Gasteiger partial charge in [-0.15, -0.1) is 0 Å². The van der Waals surface area contributed by atoms with Gasteiger partial charge in [-0.25, -0.2) is 0 Å². The summed E-state index contributed by atoms with van der Waals surface area (Å²) in [6.07, 6.45) is 2.05. The van der Waals surface area contributed by atoms with Crippen molar-refractivity contribution < 1.29 is 4.79 Å². The number of anilines is 1. The van der Waals surface area contributed by atoms with Crippen molar-refractivity contribution in [1.82, 2.24) is 5.32 Å². The van der Waals surface area contributed by atoms with Crippen molar-refractivity contribution in [3.63, 3.8) is 0 Å². The fourth-order valence-electron chi connectivity index (χ4n) is 1.30. The van der Waals surface area contributed by atoms with Crippen molar-refractivity contribution in [1.29, 1.82) is 0 Å². The molecular weight excluding hydrogens is 212 g/mol. The Labute approximate surface area is 103 Å². The first-order valence-corrected chi connectivity index (χ1v) is 5.78. The number of hydrogen-bond donors (Lipinski definition) is 2. The average Bonchev–Trinajstić information content (AvgIpc) is 2.27. The average molecular weight is 232 g/mol. The van der Waals surface area contributed by atoms with Crippen molar-refractivity contribution in [2.24, 2.45) is 0 Å². The molecule has 0 saturated heterocycles. The highest BCUT2D eigenvalue weighted by molar-refractivity contribution is 5.92. The van der Waals surface area contributed by atoms with Crippen LogP contribution in [0.4, 0.5) is 5.69 Å². The van der Waals surface area contributed by atoms with Crippen LogP contribution in [-0.4, -0.2) is 19.0 Å². The zero-order valence-electron chi connectivity index (χ0n) is 10.7. The number of benzene rings is 1. The molecule has 1 aromatic carbocycles. The number of nitrogens with one attached hydrogen (secondary N) is 2. The molecule has 17 heavy (non-hydrogen) atoms. The molecule has 3 nitrogen and oxygen atoms in total. The highest BCUT2D eigenvalue weighted by Gasteiger charge is 2.00. The summed E-state index contributed by atoms with van der Waals surface area (Å²) >= 11 is 0. The van der Waals surface area contributed by atoms with Gasteiger partial charge in [0, 0.05) is 12.2 Å². The van der Waals surface area contributed by atoms with Crippen molar-refractivity contribution in [2.75, 3.05) is 18.4 Å². The third-order valence-corrected chi connectivity index (χ3v) is 2.28. The van der Waals surface area contributed by atoms with E-state index in [1.165, 1.54) is 11.1 Å². The predicted octanol–water partition coefficient (Wildman–Crippen LogP) is 2.49. The van der Waals surface area contributed by atoms with Gasteiger partial charge in [-0.05, 0) is 32.9 Å². The van der Waals surface area contributed by atoms with Crippen LogP contribution in [0, 0.1) is 6.92 Å². The minimum Gasteiger partial charge on any atom is -0.325 e. The third-order valence-electron chi connectivity index (χ3n) is 2.28. The number of amides is 1. The maximum atomic E-state index is 11.5. The van der Waals surface area contributed by atoms with E-state index in [-0.39, 0.29) is 5.91 Å². The summed E-state index contributed by atoms with van der Waals surface area (Å²) in [5, 5.41) is 5.89. The molecule has 0 unspecified atom stereocenters. The van der Waals surface area contributed by atoms with E-state index in [1.807, 2.05) is 45.0 Å². The first-order valence-electron chi connectivity index (χ1n) is 5.78. The van der Waals surface area contributed by atoms with E-state index < -0.39 is 0 Å². The molecule has 0 fully saturated rings. The van der Waals surface area contributed by atoms with Crippen LogP contribution in [0.5, 0.6) is 0 Å². The maximum absolute atomic E-state index is 11.5. The van der Waals surface area contributed by atoms with Crippen LogP contribution < -0.4 is 10.6 Å². The first-order chi connectivity index (χ1) is 8.08. The number of rotatable bonds is 5. The number of allylic oxidation sites excluding steroid dienone is 1. The van der Waals surface area contributed by atoms with Gasteiger partial charge in [-0.1, -0.05) is 29.3 Å². The molecule has 1 amide bonds. The Morgan fingerprint density at radius 2 is 1.88 bits per heavy atom. The van der Waals surface area contributed by atoms with Crippen LogP contribution in [0.1, 0.15) is 19.4 Å². The van der Waals surface area contributed by atoms with Crippen molar-refractivity contribution in [3.8, 4) is 0 Å². The second kappa shape index (κ2) is 6.86. The van der Waals surface area contributed by atoms with Gasteiger partial charge in [0.25, 0.3) is 0 Å². The Morgan fingerprint density at radius 1 is 1.24 bits per heavy atom. The number of carbonyl (C=O) groups is 1. The fraction of sp³-hybridized carbons (Fsp3) is 0.357. The molecule has 0 aromatic heterocycles.